The maximum Gasteiger partial charge on any atom is 0.261 e. The van der Waals surface area contributed by atoms with Crippen LogP contribution >= 0.6 is 34.5 Å². The van der Waals surface area contributed by atoms with Crippen molar-refractivity contribution in [2.75, 3.05) is 44.3 Å². The van der Waals surface area contributed by atoms with Crippen molar-refractivity contribution in [3.63, 3.8) is 0 Å². The summed E-state index contributed by atoms with van der Waals surface area (Å²) in [6, 6.07) is 6.61. The van der Waals surface area contributed by atoms with Crippen LogP contribution in [0.5, 0.6) is 0 Å². The first-order chi connectivity index (χ1) is 14.4. The molecule has 0 N–H and O–H groups in total. The Morgan fingerprint density at radius 3 is 2.73 bits per heavy atom. The lowest BCUT2D eigenvalue weighted by molar-refractivity contribution is 0.0391. The van der Waals surface area contributed by atoms with Crippen LogP contribution in [0.25, 0.3) is 10.2 Å². The van der Waals surface area contributed by atoms with Crippen molar-refractivity contribution in [2.45, 2.75) is 0 Å². The van der Waals surface area contributed by atoms with Gasteiger partial charge in [-0.2, -0.15) is 0 Å². The summed E-state index contributed by atoms with van der Waals surface area (Å²) < 4.78 is 33.5. The molecular weight excluding hydrogens is 455 g/mol. The molecule has 158 valence electrons. The average molecular weight is 472 g/mol. The van der Waals surface area contributed by atoms with E-state index >= 15 is 0 Å². The van der Waals surface area contributed by atoms with Gasteiger partial charge in [-0.25, -0.2) is 13.8 Å². The van der Waals surface area contributed by atoms with Gasteiger partial charge in [-0.05, 0) is 24.3 Å². The predicted molar refractivity (Wildman–Crippen MR) is 115 cm³/mol. The first kappa shape index (κ1) is 21.4. The second-order valence-electron chi connectivity index (χ2n) is 6.77. The Bertz CT molecular complexity index is 1090. The van der Waals surface area contributed by atoms with E-state index in [9.17, 15) is 13.6 Å². The lowest BCUT2D eigenvalue weighted by Crippen LogP contribution is -2.43. The van der Waals surface area contributed by atoms with Crippen molar-refractivity contribution >= 4 is 55.8 Å². The van der Waals surface area contributed by atoms with Gasteiger partial charge in [-0.3, -0.25) is 14.6 Å². The standard InChI is InChI=1S/C20H17Cl2F2N3O2S/c21-12-1-2-15(22)14(9-12)19(28)27(4-3-26-5-7-29-8-6-26)20-25-18-16(24)10-13(23)11-17(18)30-20/h1-2,9-11H,3-8H2. The van der Waals surface area contributed by atoms with Crippen molar-refractivity contribution in [2.24, 2.45) is 0 Å². The van der Waals surface area contributed by atoms with E-state index in [1.165, 1.54) is 17.0 Å². The monoisotopic (exact) mass is 471 g/mol. The van der Waals surface area contributed by atoms with Crippen LogP contribution in [0.4, 0.5) is 13.9 Å². The zero-order valence-corrected chi connectivity index (χ0v) is 18.0. The molecule has 0 aliphatic carbocycles. The second-order valence-corrected chi connectivity index (χ2v) is 8.62. The number of hydrogen-bond donors (Lipinski definition) is 0. The third-order valence-electron chi connectivity index (χ3n) is 4.78. The number of thiazole rings is 1. The van der Waals surface area contributed by atoms with E-state index in [0.717, 1.165) is 30.5 Å². The Morgan fingerprint density at radius 1 is 1.20 bits per heavy atom. The summed E-state index contributed by atoms with van der Waals surface area (Å²) in [7, 11) is 0. The van der Waals surface area contributed by atoms with Gasteiger partial charge in [0.05, 0.1) is 28.5 Å². The SMILES string of the molecule is O=C(c1cc(Cl)ccc1Cl)N(CCN1CCOCC1)c1nc2c(F)cc(F)cc2s1. The van der Waals surface area contributed by atoms with Crippen LogP contribution in [0.15, 0.2) is 30.3 Å². The molecule has 0 unspecified atom stereocenters. The Morgan fingerprint density at radius 2 is 1.97 bits per heavy atom. The molecule has 0 atom stereocenters. The molecule has 0 radical (unpaired) electrons. The van der Waals surface area contributed by atoms with Crippen LogP contribution in [-0.4, -0.2) is 55.2 Å². The van der Waals surface area contributed by atoms with Gasteiger partial charge in [-0.15, -0.1) is 0 Å². The fourth-order valence-corrected chi connectivity index (χ4v) is 4.62. The number of carbonyl (C=O) groups excluding carboxylic acids is 1. The summed E-state index contributed by atoms with van der Waals surface area (Å²) in [4.78, 5) is 21.2. The van der Waals surface area contributed by atoms with Crippen molar-refractivity contribution in [1.82, 2.24) is 9.88 Å². The van der Waals surface area contributed by atoms with E-state index in [-0.39, 0.29) is 21.2 Å². The number of carbonyl (C=O) groups is 1. The van der Waals surface area contributed by atoms with E-state index < -0.39 is 17.5 Å². The van der Waals surface area contributed by atoms with E-state index in [0.29, 0.717) is 36.0 Å². The molecule has 30 heavy (non-hydrogen) atoms. The molecule has 1 aliphatic rings. The van der Waals surface area contributed by atoms with E-state index in [1.807, 2.05) is 0 Å². The van der Waals surface area contributed by atoms with Crippen molar-refractivity contribution in [3.8, 4) is 0 Å². The first-order valence-corrected chi connectivity index (χ1v) is 10.8. The third-order valence-corrected chi connectivity index (χ3v) is 6.37. The van der Waals surface area contributed by atoms with Gasteiger partial charge in [0.15, 0.2) is 10.9 Å². The fraction of sp³-hybridized carbons (Fsp3) is 0.300. The zero-order valence-electron chi connectivity index (χ0n) is 15.7. The summed E-state index contributed by atoms with van der Waals surface area (Å²) in [6.45, 7) is 3.62. The number of fused-ring (bicyclic) bond motifs is 1. The lowest BCUT2D eigenvalue weighted by atomic mass is 10.2. The molecule has 0 saturated carbocycles. The first-order valence-electron chi connectivity index (χ1n) is 9.25. The predicted octanol–water partition coefficient (Wildman–Crippen LogP) is 4.86. The normalized spacial score (nSPS) is 14.9. The Hall–Kier alpha value is -1.84. The fourth-order valence-electron chi connectivity index (χ4n) is 3.22. The van der Waals surface area contributed by atoms with Crippen molar-refractivity contribution in [3.05, 3.63) is 57.6 Å². The van der Waals surface area contributed by atoms with E-state index in [2.05, 4.69) is 9.88 Å². The van der Waals surface area contributed by atoms with Crippen LogP contribution in [0.2, 0.25) is 10.0 Å². The zero-order chi connectivity index (χ0) is 21.3. The van der Waals surface area contributed by atoms with Gasteiger partial charge in [0.1, 0.15) is 11.3 Å². The van der Waals surface area contributed by atoms with Crippen molar-refractivity contribution in [1.29, 1.82) is 0 Å². The smallest absolute Gasteiger partial charge is 0.261 e. The van der Waals surface area contributed by atoms with Crippen LogP contribution in [-0.2, 0) is 4.74 Å². The summed E-state index contributed by atoms with van der Waals surface area (Å²) in [5, 5.41) is 0.885. The molecule has 3 aromatic rings. The average Bonchev–Trinajstić information content (AvgIpc) is 3.14. The summed E-state index contributed by atoms with van der Waals surface area (Å²) >= 11 is 13.3. The van der Waals surface area contributed by atoms with Crippen LogP contribution < -0.4 is 4.90 Å². The summed E-state index contributed by atoms with van der Waals surface area (Å²) in [6.07, 6.45) is 0. The number of rotatable bonds is 5. The number of morpholine rings is 1. The number of ether oxygens (including phenoxy) is 1. The number of aromatic nitrogens is 1. The molecule has 1 aliphatic heterocycles. The molecule has 5 nitrogen and oxygen atoms in total. The van der Waals surface area contributed by atoms with E-state index in [1.54, 1.807) is 12.1 Å². The Labute approximate surface area is 185 Å². The Balaban J connectivity index is 1.70. The number of nitrogens with zero attached hydrogens (tertiary/aromatic N) is 3. The summed E-state index contributed by atoms with van der Waals surface area (Å²) in [5.74, 6) is -1.87. The lowest BCUT2D eigenvalue weighted by Gasteiger charge is -2.29. The number of halogens is 4. The number of benzene rings is 2. The van der Waals surface area contributed by atoms with Gasteiger partial charge in [0.2, 0.25) is 0 Å². The highest BCUT2D eigenvalue weighted by Crippen LogP contribution is 2.33. The number of anilines is 1. The van der Waals surface area contributed by atoms with Crippen LogP contribution in [0.1, 0.15) is 10.4 Å². The van der Waals surface area contributed by atoms with Gasteiger partial charge in [0.25, 0.3) is 5.91 Å². The number of hydrogen-bond acceptors (Lipinski definition) is 5. The molecule has 1 aromatic heterocycles. The molecule has 2 aromatic carbocycles. The molecular formula is C20H17Cl2F2N3O2S. The topological polar surface area (TPSA) is 45.7 Å². The quantitative estimate of drug-likeness (QED) is 0.532. The van der Waals surface area contributed by atoms with Crippen LogP contribution in [0.3, 0.4) is 0 Å². The minimum Gasteiger partial charge on any atom is -0.379 e. The maximum absolute atomic E-state index is 14.2. The number of amides is 1. The maximum atomic E-state index is 14.2. The molecule has 0 bridgehead atoms. The Kier molecular flexibility index (Phi) is 6.50. The van der Waals surface area contributed by atoms with Gasteiger partial charge in [-0.1, -0.05) is 34.5 Å². The minimum absolute atomic E-state index is 0.0257. The molecule has 2 heterocycles. The highest BCUT2D eigenvalue weighted by Gasteiger charge is 2.25. The molecule has 10 heteroatoms. The van der Waals surface area contributed by atoms with Gasteiger partial charge >= 0.3 is 0 Å². The highest BCUT2D eigenvalue weighted by molar-refractivity contribution is 7.22. The second kappa shape index (κ2) is 9.11. The largest absolute Gasteiger partial charge is 0.379 e. The summed E-state index contributed by atoms with van der Waals surface area (Å²) in [5.41, 5.74) is 0.245. The third kappa shape index (κ3) is 4.58. The molecule has 1 amide bonds. The minimum atomic E-state index is -0.770. The molecule has 1 saturated heterocycles. The molecule has 1 fully saturated rings. The van der Waals surface area contributed by atoms with Crippen LogP contribution in [0, 0.1) is 11.6 Å². The van der Waals surface area contributed by atoms with Crippen molar-refractivity contribution < 1.29 is 18.3 Å². The molecule has 0 spiro atoms. The molecule has 4 rings (SSSR count). The van der Waals surface area contributed by atoms with E-state index in [4.69, 9.17) is 27.9 Å². The highest BCUT2D eigenvalue weighted by atomic mass is 35.5. The van der Waals surface area contributed by atoms with Gasteiger partial charge < -0.3 is 4.74 Å². The van der Waals surface area contributed by atoms with Gasteiger partial charge in [0, 0.05) is 37.3 Å².